The minimum Gasteiger partial charge on any atom is -0.464 e. The smallest absolute Gasteiger partial charge is 0.331 e. The van der Waals surface area contributed by atoms with Crippen LogP contribution in [-0.4, -0.2) is 47.3 Å². The average molecular weight is 288 g/mol. The van der Waals surface area contributed by atoms with Crippen LogP contribution in [0.25, 0.3) is 0 Å². The van der Waals surface area contributed by atoms with Crippen molar-refractivity contribution in [2.24, 2.45) is 0 Å². The number of fused-ring (bicyclic) bond motifs is 1. The number of benzene rings is 1. The van der Waals surface area contributed by atoms with Gasteiger partial charge in [0.2, 0.25) is 5.91 Å². The van der Waals surface area contributed by atoms with Crippen LogP contribution in [0.3, 0.4) is 0 Å². The Hall–Kier alpha value is -2.70. The predicted molar refractivity (Wildman–Crippen MR) is 69.3 cm³/mol. The van der Waals surface area contributed by atoms with Crippen molar-refractivity contribution < 1.29 is 23.9 Å². The van der Waals surface area contributed by atoms with Gasteiger partial charge in [0.15, 0.2) is 6.04 Å². The van der Waals surface area contributed by atoms with Crippen molar-refractivity contribution in [1.82, 2.24) is 10.2 Å². The molecule has 1 saturated heterocycles. The molecule has 7 nitrogen and oxygen atoms in total. The van der Waals surface area contributed by atoms with E-state index in [0.717, 1.165) is 4.90 Å². The quantitative estimate of drug-likeness (QED) is 0.469. The summed E-state index contributed by atoms with van der Waals surface area (Å²) in [7, 11) is 0. The predicted octanol–water partition coefficient (Wildman–Crippen LogP) is -0.287. The van der Waals surface area contributed by atoms with Crippen LogP contribution in [0, 0.1) is 0 Å². The molecule has 0 radical (unpaired) electrons. The molecule has 0 saturated carbocycles. The van der Waals surface area contributed by atoms with E-state index >= 15 is 0 Å². The van der Waals surface area contributed by atoms with E-state index in [2.05, 4.69) is 5.32 Å². The fourth-order valence-corrected chi connectivity index (χ4v) is 2.52. The molecule has 2 aliphatic rings. The molecule has 108 valence electrons. The van der Waals surface area contributed by atoms with Crippen molar-refractivity contribution in [3.63, 3.8) is 0 Å². The Morgan fingerprint density at radius 2 is 1.76 bits per heavy atom. The lowest BCUT2D eigenvalue weighted by Gasteiger charge is -2.38. The van der Waals surface area contributed by atoms with Gasteiger partial charge in [0, 0.05) is 0 Å². The van der Waals surface area contributed by atoms with Crippen LogP contribution < -0.4 is 5.32 Å². The van der Waals surface area contributed by atoms with Crippen LogP contribution in [0.1, 0.15) is 27.6 Å². The summed E-state index contributed by atoms with van der Waals surface area (Å²) in [6, 6.07) is 4.17. The second kappa shape index (κ2) is 4.69. The molecule has 1 N–H and O–H groups in total. The molecule has 2 aliphatic heterocycles. The van der Waals surface area contributed by atoms with E-state index < -0.39 is 35.8 Å². The summed E-state index contributed by atoms with van der Waals surface area (Å²) in [5, 5.41) is 2.36. The first-order chi connectivity index (χ1) is 10.1. The summed E-state index contributed by atoms with van der Waals surface area (Å²) in [5.74, 6) is -2.32. The first kappa shape index (κ1) is 13.3. The SMILES string of the molecule is CCOC(=O)C1NC(=O)C1N1C(=O)c2ccccc2C1=O. The third-order valence-electron chi connectivity index (χ3n) is 3.53. The fraction of sp³-hybridized carbons (Fsp3) is 0.286. The first-order valence-corrected chi connectivity index (χ1v) is 6.50. The number of carbonyl (C=O) groups excluding carboxylic acids is 4. The standard InChI is InChI=1S/C14H12N2O5/c1-2-21-14(20)9-10(11(17)15-9)16-12(18)7-5-3-4-6-8(7)13(16)19/h3-6,9-10H,2H2,1H3,(H,15,17). The van der Waals surface area contributed by atoms with E-state index in [1.54, 1.807) is 19.1 Å². The highest BCUT2D eigenvalue weighted by Crippen LogP contribution is 2.28. The van der Waals surface area contributed by atoms with Gasteiger partial charge in [0.05, 0.1) is 17.7 Å². The highest BCUT2D eigenvalue weighted by atomic mass is 16.5. The van der Waals surface area contributed by atoms with E-state index in [9.17, 15) is 19.2 Å². The summed E-state index contributed by atoms with van der Waals surface area (Å²) in [4.78, 5) is 48.9. The zero-order valence-electron chi connectivity index (χ0n) is 11.2. The maximum atomic E-state index is 12.3. The molecular weight excluding hydrogens is 276 g/mol. The number of nitrogens with one attached hydrogen (secondary N) is 1. The number of hydrogen-bond acceptors (Lipinski definition) is 5. The molecule has 3 rings (SSSR count). The van der Waals surface area contributed by atoms with E-state index in [0.29, 0.717) is 0 Å². The zero-order valence-corrected chi connectivity index (χ0v) is 11.2. The number of β-lactam (4-membered cyclic amide) rings is 1. The summed E-state index contributed by atoms with van der Waals surface area (Å²) >= 11 is 0. The van der Waals surface area contributed by atoms with E-state index in [1.807, 2.05) is 0 Å². The molecule has 2 atom stereocenters. The lowest BCUT2D eigenvalue weighted by Crippen LogP contribution is -2.72. The van der Waals surface area contributed by atoms with Crippen LogP contribution in [0.4, 0.5) is 0 Å². The number of rotatable bonds is 3. The molecule has 2 unspecified atom stereocenters. The van der Waals surface area contributed by atoms with Crippen LogP contribution in [0.2, 0.25) is 0 Å². The Balaban J connectivity index is 1.91. The average Bonchev–Trinajstić information content (AvgIpc) is 2.71. The molecule has 1 aromatic carbocycles. The van der Waals surface area contributed by atoms with E-state index in [4.69, 9.17) is 4.74 Å². The van der Waals surface area contributed by atoms with Crippen molar-refractivity contribution in [3.05, 3.63) is 35.4 Å². The Morgan fingerprint density at radius 3 is 2.24 bits per heavy atom. The van der Waals surface area contributed by atoms with Gasteiger partial charge in [-0.3, -0.25) is 19.3 Å². The molecule has 7 heteroatoms. The number of esters is 1. The van der Waals surface area contributed by atoms with Crippen molar-refractivity contribution >= 4 is 23.7 Å². The number of ether oxygens (including phenoxy) is 1. The summed E-state index contributed by atoms with van der Waals surface area (Å²) in [6.07, 6.45) is 0. The Bertz CT molecular complexity index is 634. The van der Waals surface area contributed by atoms with Gasteiger partial charge in [-0.1, -0.05) is 12.1 Å². The Kier molecular flexibility index (Phi) is 2.97. The maximum Gasteiger partial charge on any atom is 0.331 e. The van der Waals surface area contributed by atoms with Gasteiger partial charge >= 0.3 is 5.97 Å². The topological polar surface area (TPSA) is 92.8 Å². The molecule has 1 fully saturated rings. The Morgan fingerprint density at radius 1 is 1.19 bits per heavy atom. The third kappa shape index (κ3) is 1.81. The second-order valence-corrected chi connectivity index (χ2v) is 4.71. The van der Waals surface area contributed by atoms with Crippen molar-refractivity contribution in [3.8, 4) is 0 Å². The summed E-state index contributed by atoms with van der Waals surface area (Å²) in [5.41, 5.74) is 0.481. The van der Waals surface area contributed by atoms with Crippen molar-refractivity contribution in [2.75, 3.05) is 6.61 Å². The highest BCUT2D eigenvalue weighted by molar-refractivity contribution is 6.24. The van der Waals surface area contributed by atoms with Crippen molar-refractivity contribution in [2.45, 2.75) is 19.0 Å². The second-order valence-electron chi connectivity index (χ2n) is 4.71. The van der Waals surface area contributed by atoms with Gasteiger partial charge < -0.3 is 10.1 Å². The lowest BCUT2D eigenvalue weighted by atomic mass is 9.97. The molecule has 0 aliphatic carbocycles. The van der Waals surface area contributed by atoms with Gasteiger partial charge in [-0.25, -0.2) is 4.79 Å². The third-order valence-corrected chi connectivity index (χ3v) is 3.53. The monoisotopic (exact) mass is 288 g/mol. The molecule has 21 heavy (non-hydrogen) atoms. The largest absolute Gasteiger partial charge is 0.464 e. The highest BCUT2D eigenvalue weighted by Gasteiger charge is 2.54. The summed E-state index contributed by atoms with van der Waals surface area (Å²) in [6.45, 7) is 1.79. The molecular formula is C14H12N2O5. The minimum atomic E-state index is -1.14. The van der Waals surface area contributed by atoms with E-state index in [1.165, 1.54) is 12.1 Å². The van der Waals surface area contributed by atoms with Crippen LogP contribution in [0.5, 0.6) is 0 Å². The molecule has 0 spiro atoms. The molecule has 2 heterocycles. The van der Waals surface area contributed by atoms with Crippen LogP contribution >= 0.6 is 0 Å². The van der Waals surface area contributed by atoms with Crippen molar-refractivity contribution in [1.29, 1.82) is 0 Å². The van der Waals surface area contributed by atoms with Gasteiger partial charge in [-0.2, -0.15) is 0 Å². The molecule has 3 amide bonds. The van der Waals surface area contributed by atoms with Crippen LogP contribution in [0.15, 0.2) is 24.3 Å². The number of carbonyl (C=O) groups is 4. The van der Waals surface area contributed by atoms with E-state index in [-0.39, 0.29) is 17.7 Å². The van der Waals surface area contributed by atoms with Crippen LogP contribution in [-0.2, 0) is 14.3 Å². The Labute approximate surface area is 119 Å². The number of amides is 3. The fourth-order valence-electron chi connectivity index (χ4n) is 2.52. The zero-order chi connectivity index (χ0) is 15.1. The van der Waals surface area contributed by atoms with Gasteiger partial charge in [0.25, 0.3) is 11.8 Å². The molecule has 1 aromatic rings. The summed E-state index contributed by atoms with van der Waals surface area (Å²) < 4.78 is 4.83. The van der Waals surface area contributed by atoms with Gasteiger partial charge in [0.1, 0.15) is 6.04 Å². The van der Waals surface area contributed by atoms with Gasteiger partial charge in [-0.05, 0) is 19.1 Å². The minimum absolute atomic E-state index is 0.153. The normalized spacial score (nSPS) is 23.5. The molecule has 0 aromatic heterocycles. The maximum absolute atomic E-state index is 12.3. The first-order valence-electron chi connectivity index (χ1n) is 6.50. The number of nitrogens with zero attached hydrogens (tertiary/aromatic N) is 1. The number of imide groups is 1. The van der Waals surface area contributed by atoms with Gasteiger partial charge in [-0.15, -0.1) is 0 Å². The number of hydrogen-bond donors (Lipinski definition) is 1. The lowest BCUT2D eigenvalue weighted by molar-refractivity contribution is -0.156. The molecule has 0 bridgehead atoms.